The highest BCUT2D eigenvalue weighted by Gasteiger charge is 2.16. The zero-order valence-corrected chi connectivity index (χ0v) is 6.95. The molecule has 0 unspecified atom stereocenters. The van der Waals surface area contributed by atoms with Crippen molar-refractivity contribution in [2.45, 2.75) is 6.42 Å². The van der Waals surface area contributed by atoms with Crippen molar-refractivity contribution in [1.29, 1.82) is 0 Å². The lowest BCUT2D eigenvalue weighted by atomic mass is 10.1. The fourth-order valence-corrected chi connectivity index (χ4v) is 1.27. The highest BCUT2D eigenvalue weighted by atomic mass is 16.1. The third-order valence-electron chi connectivity index (χ3n) is 1.98. The van der Waals surface area contributed by atoms with Gasteiger partial charge < -0.3 is 5.73 Å². The molecule has 0 fully saturated rings. The lowest BCUT2D eigenvalue weighted by Crippen LogP contribution is -2.03. The minimum absolute atomic E-state index is 0.0451. The minimum Gasteiger partial charge on any atom is -0.383 e. The van der Waals surface area contributed by atoms with E-state index in [-0.39, 0.29) is 5.78 Å². The summed E-state index contributed by atoms with van der Waals surface area (Å²) in [4.78, 5) is 11.7. The van der Waals surface area contributed by atoms with Crippen LogP contribution in [0.5, 0.6) is 0 Å². The molecule has 0 aromatic carbocycles. The summed E-state index contributed by atoms with van der Waals surface area (Å²) in [5.74, 6) is 0.286. The molecule has 0 radical (unpaired) electrons. The Morgan fingerprint density at radius 1 is 1.62 bits per heavy atom. The standard InChI is InChI=1S/C9H9N3O/c10-9-7(5-11-12-9)8(13)6-3-1-2-4-6/h1-3,5H,4H2,(H3,10,11,12). The van der Waals surface area contributed by atoms with Gasteiger partial charge in [-0.05, 0) is 6.42 Å². The normalized spacial score (nSPS) is 14.6. The van der Waals surface area contributed by atoms with Crippen molar-refractivity contribution in [3.8, 4) is 0 Å². The molecule has 0 spiro atoms. The van der Waals surface area contributed by atoms with Gasteiger partial charge in [-0.2, -0.15) is 5.10 Å². The van der Waals surface area contributed by atoms with Crippen LogP contribution in [0.2, 0.25) is 0 Å². The largest absolute Gasteiger partial charge is 0.383 e. The monoisotopic (exact) mass is 175 g/mol. The van der Waals surface area contributed by atoms with Crippen molar-refractivity contribution in [3.05, 3.63) is 35.6 Å². The molecule has 0 saturated heterocycles. The van der Waals surface area contributed by atoms with E-state index in [2.05, 4.69) is 10.2 Å². The van der Waals surface area contributed by atoms with Crippen LogP contribution in [0.4, 0.5) is 5.82 Å². The number of hydrogen-bond donors (Lipinski definition) is 2. The van der Waals surface area contributed by atoms with Crippen LogP contribution in [-0.4, -0.2) is 16.0 Å². The molecule has 1 aromatic rings. The Labute approximate surface area is 75.1 Å². The highest BCUT2D eigenvalue weighted by molar-refractivity contribution is 6.11. The van der Waals surface area contributed by atoms with E-state index in [9.17, 15) is 4.79 Å². The molecule has 1 aliphatic carbocycles. The van der Waals surface area contributed by atoms with Crippen molar-refractivity contribution in [3.63, 3.8) is 0 Å². The maximum absolute atomic E-state index is 11.7. The van der Waals surface area contributed by atoms with Gasteiger partial charge in [-0.25, -0.2) is 0 Å². The summed E-state index contributed by atoms with van der Waals surface area (Å²) >= 11 is 0. The number of nitrogen functional groups attached to an aromatic ring is 1. The molecule has 4 nitrogen and oxygen atoms in total. The summed E-state index contributed by atoms with van der Waals surface area (Å²) in [6.45, 7) is 0. The molecule has 1 heterocycles. The molecule has 66 valence electrons. The number of hydrogen-bond acceptors (Lipinski definition) is 3. The minimum atomic E-state index is -0.0451. The number of Topliss-reactive ketones (excluding diaryl/α,β-unsaturated/α-hetero) is 1. The SMILES string of the molecule is Nc1[nH]ncc1C(=O)C1=CC=CC1. The second-order valence-electron chi connectivity index (χ2n) is 2.85. The fraction of sp³-hybridized carbons (Fsp3) is 0.111. The molecule has 4 heteroatoms. The first-order valence-electron chi connectivity index (χ1n) is 3.98. The number of aromatic amines is 1. The number of aromatic nitrogens is 2. The molecule has 0 atom stereocenters. The predicted octanol–water partition coefficient (Wildman–Crippen LogP) is 1.06. The Morgan fingerprint density at radius 2 is 2.46 bits per heavy atom. The first-order chi connectivity index (χ1) is 6.29. The average Bonchev–Trinajstić information content (AvgIpc) is 2.72. The van der Waals surface area contributed by atoms with Crippen molar-refractivity contribution in [1.82, 2.24) is 10.2 Å². The number of H-pyrrole nitrogens is 1. The van der Waals surface area contributed by atoms with Crippen LogP contribution in [0.25, 0.3) is 0 Å². The molecule has 2 rings (SSSR count). The third kappa shape index (κ3) is 1.26. The number of nitrogens with two attached hydrogens (primary N) is 1. The maximum atomic E-state index is 11.7. The molecule has 0 bridgehead atoms. The van der Waals surface area contributed by atoms with Crippen molar-refractivity contribution in [2.24, 2.45) is 0 Å². The summed E-state index contributed by atoms with van der Waals surface area (Å²) in [5.41, 5.74) is 6.73. The van der Waals surface area contributed by atoms with Crippen molar-refractivity contribution >= 4 is 11.6 Å². The molecule has 0 amide bonds. The van der Waals surface area contributed by atoms with Crippen molar-refractivity contribution < 1.29 is 4.79 Å². The van der Waals surface area contributed by atoms with Crippen LogP contribution in [-0.2, 0) is 0 Å². The van der Waals surface area contributed by atoms with E-state index in [1.54, 1.807) is 6.08 Å². The van der Waals surface area contributed by atoms with Gasteiger partial charge in [0.05, 0.1) is 11.8 Å². The number of carbonyl (C=O) groups is 1. The summed E-state index contributed by atoms with van der Waals surface area (Å²) in [6, 6.07) is 0. The van der Waals surface area contributed by atoms with E-state index < -0.39 is 0 Å². The zero-order valence-electron chi connectivity index (χ0n) is 6.95. The Balaban J connectivity index is 2.28. The van der Waals surface area contributed by atoms with Gasteiger partial charge in [0, 0.05) is 5.57 Å². The third-order valence-corrected chi connectivity index (χ3v) is 1.98. The maximum Gasteiger partial charge on any atom is 0.194 e. The van der Waals surface area contributed by atoms with E-state index in [0.29, 0.717) is 17.8 Å². The van der Waals surface area contributed by atoms with Crippen LogP contribution in [0, 0.1) is 0 Å². The predicted molar refractivity (Wildman–Crippen MR) is 49.2 cm³/mol. The van der Waals surface area contributed by atoms with E-state index in [1.807, 2.05) is 12.2 Å². The van der Waals surface area contributed by atoms with Gasteiger partial charge in [-0.3, -0.25) is 9.89 Å². The smallest absolute Gasteiger partial charge is 0.194 e. The summed E-state index contributed by atoms with van der Waals surface area (Å²) in [5, 5.41) is 6.23. The molecule has 0 saturated carbocycles. The first-order valence-corrected chi connectivity index (χ1v) is 3.98. The summed E-state index contributed by atoms with van der Waals surface area (Å²) in [6.07, 6.45) is 7.74. The number of nitrogens with zero attached hydrogens (tertiary/aromatic N) is 1. The van der Waals surface area contributed by atoms with Crippen LogP contribution in [0.15, 0.2) is 30.0 Å². The first kappa shape index (κ1) is 7.79. The highest BCUT2D eigenvalue weighted by Crippen LogP contribution is 2.18. The summed E-state index contributed by atoms with van der Waals surface area (Å²) in [7, 11) is 0. The number of ketones is 1. The number of allylic oxidation sites excluding steroid dienone is 4. The van der Waals surface area contributed by atoms with Gasteiger partial charge in [0.2, 0.25) is 0 Å². The average molecular weight is 175 g/mol. The zero-order chi connectivity index (χ0) is 9.26. The lowest BCUT2D eigenvalue weighted by molar-refractivity contribution is 0.103. The van der Waals surface area contributed by atoms with Gasteiger partial charge >= 0.3 is 0 Å². The van der Waals surface area contributed by atoms with Crippen LogP contribution in [0.1, 0.15) is 16.8 Å². The Hall–Kier alpha value is -1.84. The number of anilines is 1. The fourth-order valence-electron chi connectivity index (χ4n) is 1.27. The van der Waals surface area contributed by atoms with Crippen LogP contribution in [0.3, 0.4) is 0 Å². The van der Waals surface area contributed by atoms with Gasteiger partial charge in [-0.1, -0.05) is 18.2 Å². The van der Waals surface area contributed by atoms with E-state index >= 15 is 0 Å². The summed E-state index contributed by atoms with van der Waals surface area (Å²) < 4.78 is 0. The van der Waals surface area contributed by atoms with Crippen LogP contribution >= 0.6 is 0 Å². The molecule has 3 N–H and O–H groups in total. The molecular formula is C9H9N3O. The molecule has 13 heavy (non-hydrogen) atoms. The number of carbonyl (C=O) groups excluding carboxylic acids is 1. The number of rotatable bonds is 2. The second kappa shape index (κ2) is 2.90. The molecule has 1 aromatic heterocycles. The molecule has 1 aliphatic rings. The Bertz CT molecular complexity index is 401. The Kier molecular flexibility index (Phi) is 1.73. The topological polar surface area (TPSA) is 71.8 Å². The molecule has 0 aliphatic heterocycles. The number of nitrogens with one attached hydrogen (secondary N) is 1. The van der Waals surface area contributed by atoms with Gasteiger partial charge in [0.15, 0.2) is 5.78 Å². The van der Waals surface area contributed by atoms with Gasteiger partial charge in [-0.15, -0.1) is 0 Å². The quantitative estimate of drug-likeness (QED) is 0.660. The van der Waals surface area contributed by atoms with E-state index in [4.69, 9.17) is 5.73 Å². The van der Waals surface area contributed by atoms with E-state index in [1.165, 1.54) is 6.20 Å². The molecular weight excluding hydrogens is 166 g/mol. The Morgan fingerprint density at radius 3 is 3.00 bits per heavy atom. The van der Waals surface area contributed by atoms with Crippen molar-refractivity contribution in [2.75, 3.05) is 5.73 Å². The lowest BCUT2D eigenvalue weighted by Gasteiger charge is -1.98. The van der Waals surface area contributed by atoms with Crippen LogP contribution < -0.4 is 5.73 Å². The second-order valence-corrected chi connectivity index (χ2v) is 2.85. The van der Waals surface area contributed by atoms with Gasteiger partial charge in [0.1, 0.15) is 5.82 Å². The van der Waals surface area contributed by atoms with Gasteiger partial charge in [0.25, 0.3) is 0 Å². The van der Waals surface area contributed by atoms with E-state index in [0.717, 1.165) is 5.57 Å².